The molecule has 10 heteroatoms. The van der Waals surface area contributed by atoms with Crippen LogP contribution in [0.4, 0.5) is 4.79 Å². The molecular formula is C25H29N3O6S. The van der Waals surface area contributed by atoms with Crippen LogP contribution in [0.3, 0.4) is 0 Å². The Morgan fingerprint density at radius 1 is 1.20 bits per heavy atom. The molecule has 35 heavy (non-hydrogen) atoms. The smallest absolute Gasteiger partial charge is 0.407 e. The van der Waals surface area contributed by atoms with Crippen LogP contribution < -0.4 is 16.0 Å². The molecule has 2 atom stereocenters. The Bertz CT molecular complexity index is 1060. The molecule has 0 saturated carbocycles. The number of hydrogen-bond donors (Lipinski definition) is 4. The molecule has 3 amide bonds. The van der Waals surface area contributed by atoms with Crippen LogP contribution in [0.2, 0.25) is 0 Å². The third-order valence-corrected chi connectivity index (χ3v) is 6.21. The highest BCUT2D eigenvalue weighted by Gasteiger charge is 2.23. The first-order valence-electron chi connectivity index (χ1n) is 11.3. The normalized spacial score (nSPS) is 15.7. The SMILES string of the molecule is CSCC[C@H](NC(=O)c1ccc(CNC(=O)OC[C@@H]2CCC(=O)N2)cc1-c1ccccc1)C(=O)O. The van der Waals surface area contributed by atoms with E-state index in [1.807, 2.05) is 36.6 Å². The molecule has 4 N–H and O–H groups in total. The lowest BCUT2D eigenvalue weighted by Gasteiger charge is -2.17. The van der Waals surface area contributed by atoms with Crippen LogP contribution in [0.1, 0.15) is 35.2 Å². The predicted molar refractivity (Wildman–Crippen MR) is 133 cm³/mol. The minimum atomic E-state index is -1.08. The molecule has 1 saturated heterocycles. The Balaban J connectivity index is 1.70. The summed E-state index contributed by atoms with van der Waals surface area (Å²) in [5, 5.41) is 17.5. The van der Waals surface area contributed by atoms with Crippen LogP contribution in [-0.4, -0.2) is 59.7 Å². The van der Waals surface area contributed by atoms with Crippen LogP contribution in [0.25, 0.3) is 11.1 Å². The predicted octanol–water partition coefficient (Wildman–Crippen LogP) is 2.79. The average molecular weight is 500 g/mol. The molecule has 2 aromatic carbocycles. The quantitative estimate of drug-likeness (QED) is 0.374. The van der Waals surface area contributed by atoms with Gasteiger partial charge in [-0.15, -0.1) is 0 Å². The van der Waals surface area contributed by atoms with Gasteiger partial charge >= 0.3 is 12.1 Å². The molecule has 2 aromatic rings. The highest BCUT2D eigenvalue weighted by atomic mass is 32.2. The van der Waals surface area contributed by atoms with E-state index >= 15 is 0 Å². The fourth-order valence-electron chi connectivity index (χ4n) is 3.69. The lowest BCUT2D eigenvalue weighted by molar-refractivity contribution is -0.139. The summed E-state index contributed by atoms with van der Waals surface area (Å²) in [6.07, 6.45) is 2.66. The summed E-state index contributed by atoms with van der Waals surface area (Å²) in [5.41, 5.74) is 2.49. The largest absolute Gasteiger partial charge is 0.480 e. The van der Waals surface area contributed by atoms with Gasteiger partial charge in [-0.2, -0.15) is 11.8 Å². The fraction of sp³-hybridized carbons (Fsp3) is 0.360. The maximum Gasteiger partial charge on any atom is 0.407 e. The number of ether oxygens (including phenoxy) is 1. The second-order valence-electron chi connectivity index (χ2n) is 8.15. The molecule has 186 valence electrons. The maximum absolute atomic E-state index is 13.0. The van der Waals surface area contributed by atoms with E-state index in [2.05, 4.69) is 16.0 Å². The summed E-state index contributed by atoms with van der Waals surface area (Å²) in [7, 11) is 0. The molecule has 1 aliphatic rings. The molecule has 3 rings (SSSR count). The van der Waals surface area contributed by atoms with Gasteiger partial charge in [0.2, 0.25) is 5.91 Å². The number of aliphatic carboxylic acids is 1. The van der Waals surface area contributed by atoms with E-state index in [4.69, 9.17) is 4.74 Å². The minimum absolute atomic E-state index is 0.0458. The minimum Gasteiger partial charge on any atom is -0.480 e. The Kier molecular flexibility index (Phi) is 9.54. The highest BCUT2D eigenvalue weighted by Crippen LogP contribution is 2.25. The number of nitrogens with one attached hydrogen (secondary N) is 3. The fourth-order valence-corrected chi connectivity index (χ4v) is 4.16. The van der Waals surface area contributed by atoms with E-state index in [1.54, 1.807) is 18.2 Å². The number of amides is 3. The van der Waals surface area contributed by atoms with Crippen molar-refractivity contribution in [2.75, 3.05) is 18.6 Å². The van der Waals surface area contributed by atoms with Crippen molar-refractivity contribution < 1.29 is 29.0 Å². The van der Waals surface area contributed by atoms with Crippen LogP contribution in [-0.2, 0) is 20.9 Å². The van der Waals surface area contributed by atoms with Crippen molar-refractivity contribution in [3.8, 4) is 11.1 Å². The molecule has 1 heterocycles. The van der Waals surface area contributed by atoms with E-state index < -0.39 is 24.0 Å². The van der Waals surface area contributed by atoms with E-state index in [1.165, 1.54) is 11.8 Å². The molecule has 0 radical (unpaired) electrons. The zero-order valence-electron chi connectivity index (χ0n) is 19.4. The molecule has 9 nitrogen and oxygen atoms in total. The van der Waals surface area contributed by atoms with Gasteiger partial charge in [-0.25, -0.2) is 9.59 Å². The molecule has 1 fully saturated rings. The molecule has 0 spiro atoms. The molecule has 0 unspecified atom stereocenters. The number of thioether (sulfide) groups is 1. The van der Waals surface area contributed by atoms with Crippen molar-refractivity contribution in [1.29, 1.82) is 0 Å². The molecule has 0 aliphatic carbocycles. The topological polar surface area (TPSA) is 134 Å². The molecular weight excluding hydrogens is 470 g/mol. The van der Waals surface area contributed by atoms with Crippen LogP contribution in [0, 0.1) is 0 Å². The van der Waals surface area contributed by atoms with Crippen LogP contribution in [0.15, 0.2) is 48.5 Å². The lowest BCUT2D eigenvalue weighted by Crippen LogP contribution is -2.41. The average Bonchev–Trinajstić information content (AvgIpc) is 3.29. The van der Waals surface area contributed by atoms with Gasteiger partial charge in [-0.1, -0.05) is 36.4 Å². The number of hydrogen-bond acceptors (Lipinski definition) is 6. The van der Waals surface area contributed by atoms with E-state index in [0.717, 1.165) is 11.1 Å². The van der Waals surface area contributed by atoms with Crippen molar-refractivity contribution >= 4 is 35.6 Å². The van der Waals surface area contributed by atoms with Gasteiger partial charge in [0.1, 0.15) is 12.6 Å². The summed E-state index contributed by atoms with van der Waals surface area (Å²) >= 11 is 1.51. The Morgan fingerprint density at radius 3 is 2.63 bits per heavy atom. The van der Waals surface area contributed by atoms with E-state index in [-0.39, 0.29) is 25.1 Å². The first kappa shape index (κ1) is 26.1. The molecule has 0 aromatic heterocycles. The number of benzene rings is 2. The van der Waals surface area contributed by atoms with Crippen molar-refractivity contribution in [1.82, 2.24) is 16.0 Å². The first-order chi connectivity index (χ1) is 16.9. The summed E-state index contributed by atoms with van der Waals surface area (Å²) in [5.74, 6) is -0.994. The lowest BCUT2D eigenvalue weighted by atomic mass is 9.96. The summed E-state index contributed by atoms with van der Waals surface area (Å²) in [6.45, 7) is 0.274. The number of alkyl carbamates (subject to hydrolysis) is 1. The standard InChI is InChI=1S/C25H29N3O6S/c1-35-12-11-21(24(31)32)28-23(30)19-9-7-16(13-20(19)17-5-3-2-4-6-17)14-26-25(33)34-15-18-8-10-22(29)27-18/h2-7,9,13,18,21H,8,10-12,14-15H2,1H3,(H,26,33)(H,27,29)(H,28,30)(H,31,32)/t18-,21-/m0/s1. The van der Waals surface area contributed by atoms with E-state index in [0.29, 0.717) is 36.1 Å². The Morgan fingerprint density at radius 2 is 1.97 bits per heavy atom. The molecule has 0 bridgehead atoms. The third-order valence-electron chi connectivity index (χ3n) is 5.56. The van der Waals surface area contributed by atoms with Crippen molar-refractivity contribution in [3.63, 3.8) is 0 Å². The molecule has 1 aliphatic heterocycles. The number of carboxylic acids is 1. The van der Waals surface area contributed by atoms with E-state index in [9.17, 15) is 24.3 Å². The van der Waals surface area contributed by atoms with Gasteiger partial charge in [-0.05, 0) is 53.7 Å². The summed E-state index contributed by atoms with van der Waals surface area (Å²) in [6, 6.07) is 13.2. The maximum atomic E-state index is 13.0. The van der Waals surface area contributed by atoms with Crippen LogP contribution in [0.5, 0.6) is 0 Å². The van der Waals surface area contributed by atoms with Crippen molar-refractivity contribution in [3.05, 3.63) is 59.7 Å². The number of carbonyl (C=O) groups is 4. The number of rotatable bonds is 11. The van der Waals surface area contributed by atoms with Gasteiger partial charge in [0.15, 0.2) is 0 Å². The summed E-state index contributed by atoms with van der Waals surface area (Å²) < 4.78 is 5.18. The van der Waals surface area contributed by atoms with Crippen LogP contribution >= 0.6 is 11.8 Å². The zero-order valence-corrected chi connectivity index (χ0v) is 20.2. The zero-order chi connectivity index (χ0) is 25.2. The Labute approximate surface area is 208 Å². The third kappa shape index (κ3) is 7.74. The van der Waals surface area contributed by atoms with Gasteiger partial charge in [0.25, 0.3) is 5.91 Å². The van der Waals surface area contributed by atoms with Gasteiger partial charge in [0, 0.05) is 18.5 Å². The van der Waals surface area contributed by atoms with Gasteiger partial charge in [-0.3, -0.25) is 9.59 Å². The number of carboxylic acid groups (broad SMARTS) is 1. The van der Waals surface area contributed by atoms with Gasteiger partial charge < -0.3 is 25.8 Å². The van der Waals surface area contributed by atoms with Crippen molar-refractivity contribution in [2.24, 2.45) is 0 Å². The first-order valence-corrected chi connectivity index (χ1v) is 12.7. The van der Waals surface area contributed by atoms with Gasteiger partial charge in [0.05, 0.1) is 6.04 Å². The second kappa shape index (κ2) is 12.8. The number of carbonyl (C=O) groups excluding carboxylic acids is 3. The monoisotopic (exact) mass is 499 g/mol. The second-order valence-corrected chi connectivity index (χ2v) is 9.13. The summed E-state index contributed by atoms with van der Waals surface area (Å²) in [4.78, 5) is 47.9. The highest BCUT2D eigenvalue weighted by molar-refractivity contribution is 7.98. The van der Waals surface area contributed by atoms with Crippen molar-refractivity contribution in [2.45, 2.75) is 37.9 Å². The Hall–Kier alpha value is -3.53.